The summed E-state index contributed by atoms with van der Waals surface area (Å²) in [5.41, 5.74) is 0. The lowest BCUT2D eigenvalue weighted by Gasteiger charge is -2.31. The van der Waals surface area contributed by atoms with Crippen LogP contribution in [0.15, 0.2) is 11.0 Å². The molecule has 0 heterocycles. The summed E-state index contributed by atoms with van der Waals surface area (Å²) in [5.74, 6) is 3.32. The molecule has 0 saturated heterocycles. The molecule has 1 fully saturated rings. The quantitative estimate of drug-likeness (QED) is 0.348. The van der Waals surface area contributed by atoms with Crippen molar-refractivity contribution in [2.45, 2.75) is 116 Å². The van der Waals surface area contributed by atoms with E-state index in [1.165, 1.54) is 69.1 Å². The fraction of sp³-hybridized carbons (Fsp3) is 0.917. The molecule has 3 heteroatoms. The molecular weight excluding hydrogens is 352 g/mol. The van der Waals surface area contributed by atoms with Gasteiger partial charge >= 0.3 is 0 Å². The van der Waals surface area contributed by atoms with Gasteiger partial charge in [0, 0.05) is 0 Å². The molecule has 2 aliphatic rings. The topological polar surface area (TPSA) is 40.5 Å². The summed E-state index contributed by atoms with van der Waals surface area (Å²) >= 11 is 4.79. The lowest BCUT2D eigenvalue weighted by Crippen LogP contribution is -2.18. The summed E-state index contributed by atoms with van der Waals surface area (Å²) in [5, 5.41) is 19.3. The minimum atomic E-state index is -0.286. The van der Waals surface area contributed by atoms with E-state index in [4.69, 9.17) is 12.6 Å². The maximum Gasteiger partial charge on any atom is 0.0541 e. The highest BCUT2D eigenvalue weighted by molar-refractivity contribution is 7.84. The van der Waals surface area contributed by atoms with E-state index in [2.05, 4.69) is 13.0 Å². The first kappa shape index (κ1) is 23.3. The summed E-state index contributed by atoms with van der Waals surface area (Å²) in [6.45, 7) is 4.09. The minimum Gasteiger partial charge on any atom is -0.393 e. The predicted octanol–water partition coefficient (Wildman–Crippen LogP) is 6.52. The Hall–Kier alpha value is 0.01000. The molecule has 1 saturated carbocycles. The van der Waals surface area contributed by atoms with Gasteiger partial charge in [0.1, 0.15) is 0 Å². The van der Waals surface area contributed by atoms with Gasteiger partial charge in [-0.05, 0) is 86.9 Å². The van der Waals surface area contributed by atoms with Crippen LogP contribution in [0.1, 0.15) is 104 Å². The van der Waals surface area contributed by atoms with Crippen LogP contribution >= 0.6 is 12.6 Å². The van der Waals surface area contributed by atoms with Gasteiger partial charge < -0.3 is 10.2 Å². The third kappa shape index (κ3) is 8.92. The molecule has 0 aromatic rings. The van der Waals surface area contributed by atoms with Crippen molar-refractivity contribution in [1.82, 2.24) is 0 Å². The molecule has 0 bridgehead atoms. The van der Waals surface area contributed by atoms with Crippen LogP contribution in [0, 0.1) is 23.7 Å². The monoisotopic (exact) mass is 396 g/mol. The van der Waals surface area contributed by atoms with Crippen molar-refractivity contribution in [1.29, 1.82) is 0 Å². The summed E-state index contributed by atoms with van der Waals surface area (Å²) in [6.07, 6.45) is 19.0. The second-order valence-electron chi connectivity index (χ2n) is 9.51. The predicted molar refractivity (Wildman–Crippen MR) is 119 cm³/mol. The van der Waals surface area contributed by atoms with Gasteiger partial charge in [-0.1, -0.05) is 51.5 Å². The van der Waals surface area contributed by atoms with Crippen LogP contribution in [-0.2, 0) is 0 Å². The lowest BCUT2D eigenvalue weighted by atomic mass is 9.76. The zero-order valence-electron chi connectivity index (χ0n) is 17.8. The van der Waals surface area contributed by atoms with E-state index in [-0.39, 0.29) is 12.2 Å². The average molecular weight is 397 g/mol. The number of rotatable bonds is 11. The molecule has 0 spiro atoms. The van der Waals surface area contributed by atoms with Gasteiger partial charge in [-0.3, -0.25) is 0 Å². The Morgan fingerprint density at radius 2 is 1.59 bits per heavy atom. The Morgan fingerprint density at radius 3 is 2.19 bits per heavy atom. The number of thiol groups is 1. The Labute approximate surface area is 173 Å². The fourth-order valence-corrected chi connectivity index (χ4v) is 5.57. The van der Waals surface area contributed by atoms with Crippen molar-refractivity contribution >= 4 is 12.6 Å². The smallest absolute Gasteiger partial charge is 0.0541 e. The number of hydrogen-bond donors (Lipinski definition) is 3. The first-order chi connectivity index (χ1) is 13.0. The molecule has 4 atom stereocenters. The van der Waals surface area contributed by atoms with Gasteiger partial charge in [-0.25, -0.2) is 0 Å². The first-order valence-electron chi connectivity index (χ1n) is 11.7. The molecule has 27 heavy (non-hydrogen) atoms. The highest BCUT2D eigenvalue weighted by Gasteiger charge is 2.24. The van der Waals surface area contributed by atoms with Crippen molar-refractivity contribution in [3.63, 3.8) is 0 Å². The fourth-order valence-electron chi connectivity index (χ4n) is 5.10. The number of hydrogen-bond acceptors (Lipinski definition) is 3. The van der Waals surface area contributed by atoms with Crippen molar-refractivity contribution < 1.29 is 10.2 Å². The first-order valence-corrected chi connectivity index (χ1v) is 12.2. The van der Waals surface area contributed by atoms with Crippen LogP contribution < -0.4 is 0 Å². The number of allylic oxidation sites excluding steroid dienone is 2. The van der Waals surface area contributed by atoms with E-state index in [0.717, 1.165) is 49.4 Å². The molecule has 2 aliphatic carbocycles. The van der Waals surface area contributed by atoms with E-state index in [1.807, 2.05) is 0 Å². The van der Waals surface area contributed by atoms with E-state index >= 15 is 0 Å². The minimum absolute atomic E-state index is 0.220. The molecule has 0 aromatic heterocycles. The Kier molecular flexibility index (Phi) is 10.8. The summed E-state index contributed by atoms with van der Waals surface area (Å²) in [7, 11) is 0. The molecule has 0 aromatic carbocycles. The number of aliphatic hydroxyl groups is 2. The Bertz CT molecular complexity index is 426. The number of aliphatic hydroxyl groups excluding tert-OH is 2. The second kappa shape index (κ2) is 12.5. The molecule has 0 radical (unpaired) electrons. The highest BCUT2D eigenvalue weighted by Crippen LogP contribution is 2.39. The molecule has 2 rings (SSSR count). The molecule has 0 aliphatic heterocycles. The lowest BCUT2D eigenvalue weighted by molar-refractivity contribution is 0.112. The molecule has 0 amide bonds. The summed E-state index contributed by atoms with van der Waals surface area (Å²) in [4.78, 5) is 1.37. The normalized spacial score (nSPS) is 31.4. The van der Waals surface area contributed by atoms with Crippen LogP contribution in [0.3, 0.4) is 0 Å². The van der Waals surface area contributed by atoms with E-state index in [9.17, 15) is 10.2 Å². The SMILES string of the molecule is CC[C@H]1C=C(S)[C@@H](CCC2CCC(CCC[C@H](O)CCC(C)O)CC2)CC1. The second-order valence-corrected chi connectivity index (χ2v) is 10.0. The highest BCUT2D eigenvalue weighted by atomic mass is 32.1. The van der Waals surface area contributed by atoms with Crippen LogP contribution in [0.4, 0.5) is 0 Å². The van der Waals surface area contributed by atoms with Gasteiger partial charge in [-0.15, -0.1) is 12.6 Å². The Morgan fingerprint density at radius 1 is 0.926 bits per heavy atom. The van der Waals surface area contributed by atoms with Gasteiger partial charge in [0.15, 0.2) is 0 Å². The zero-order valence-corrected chi connectivity index (χ0v) is 18.7. The van der Waals surface area contributed by atoms with Gasteiger partial charge in [0.05, 0.1) is 12.2 Å². The third-order valence-corrected chi connectivity index (χ3v) is 7.71. The van der Waals surface area contributed by atoms with Gasteiger partial charge in [0.2, 0.25) is 0 Å². The summed E-state index contributed by atoms with van der Waals surface area (Å²) < 4.78 is 0. The van der Waals surface area contributed by atoms with Crippen molar-refractivity contribution in [3.05, 3.63) is 11.0 Å². The van der Waals surface area contributed by atoms with Crippen LogP contribution in [-0.4, -0.2) is 22.4 Å². The summed E-state index contributed by atoms with van der Waals surface area (Å²) in [6, 6.07) is 0. The molecule has 2 nitrogen and oxygen atoms in total. The van der Waals surface area contributed by atoms with E-state index in [1.54, 1.807) is 6.92 Å². The van der Waals surface area contributed by atoms with E-state index < -0.39 is 0 Å². The molecule has 1 unspecified atom stereocenters. The third-order valence-electron chi connectivity index (χ3n) is 7.19. The van der Waals surface area contributed by atoms with Gasteiger partial charge in [-0.2, -0.15) is 0 Å². The molecule has 158 valence electrons. The largest absolute Gasteiger partial charge is 0.393 e. The van der Waals surface area contributed by atoms with Crippen LogP contribution in [0.25, 0.3) is 0 Å². The standard InChI is InChI=1S/C24H44O2S/c1-3-19-12-14-22(24(27)17-19)15-13-21-10-8-20(9-11-21)5-4-6-23(26)16-7-18(2)25/h17-23,25-27H,3-16H2,1-2H3/t18?,19-,20?,21?,22-,23+/m1/s1. The maximum atomic E-state index is 10.00. The van der Waals surface area contributed by atoms with Crippen LogP contribution in [0.2, 0.25) is 0 Å². The van der Waals surface area contributed by atoms with Crippen molar-refractivity contribution in [2.75, 3.05) is 0 Å². The van der Waals surface area contributed by atoms with Gasteiger partial charge in [0.25, 0.3) is 0 Å². The van der Waals surface area contributed by atoms with Crippen LogP contribution in [0.5, 0.6) is 0 Å². The van der Waals surface area contributed by atoms with E-state index in [0.29, 0.717) is 0 Å². The Balaban J connectivity index is 1.55. The molecular formula is C24H44O2S. The van der Waals surface area contributed by atoms with Crippen molar-refractivity contribution in [2.24, 2.45) is 23.7 Å². The maximum absolute atomic E-state index is 10.00. The zero-order chi connectivity index (χ0) is 19.6. The molecule has 2 N–H and O–H groups in total. The average Bonchev–Trinajstić information content (AvgIpc) is 2.66. The van der Waals surface area contributed by atoms with Crippen molar-refractivity contribution in [3.8, 4) is 0 Å².